The number of likely N-dealkylation sites (N-methyl/N-ethyl adjacent to an activating group) is 1. The SMILES string of the molecule is CCCCN=C(N)NCCN(C)CCOC. The Morgan fingerprint density at radius 2 is 2.19 bits per heavy atom. The molecule has 0 aromatic carbocycles. The fraction of sp³-hybridized carbons (Fsp3) is 0.909. The number of guanidine groups is 1. The summed E-state index contributed by atoms with van der Waals surface area (Å²) >= 11 is 0. The van der Waals surface area contributed by atoms with Gasteiger partial charge in [0.1, 0.15) is 0 Å². The molecule has 0 saturated carbocycles. The number of ether oxygens (including phenoxy) is 1. The van der Waals surface area contributed by atoms with Crippen LogP contribution in [-0.4, -0.2) is 57.8 Å². The van der Waals surface area contributed by atoms with Crippen LogP contribution in [0.15, 0.2) is 4.99 Å². The number of nitrogens with one attached hydrogen (secondary N) is 1. The van der Waals surface area contributed by atoms with E-state index in [4.69, 9.17) is 10.5 Å². The van der Waals surface area contributed by atoms with Crippen molar-refractivity contribution in [2.24, 2.45) is 10.7 Å². The van der Waals surface area contributed by atoms with Crippen LogP contribution in [0.3, 0.4) is 0 Å². The predicted octanol–water partition coefficient (Wildman–Crippen LogP) is 0.269. The maximum absolute atomic E-state index is 5.70. The van der Waals surface area contributed by atoms with Gasteiger partial charge in [-0.2, -0.15) is 0 Å². The van der Waals surface area contributed by atoms with Crippen molar-refractivity contribution in [1.82, 2.24) is 10.2 Å². The van der Waals surface area contributed by atoms with Gasteiger partial charge in [-0.15, -0.1) is 0 Å². The Kier molecular flexibility index (Phi) is 10.2. The molecule has 0 amide bonds. The van der Waals surface area contributed by atoms with Gasteiger partial charge < -0.3 is 20.7 Å². The second-order valence-electron chi connectivity index (χ2n) is 3.84. The van der Waals surface area contributed by atoms with Crippen molar-refractivity contribution in [3.63, 3.8) is 0 Å². The molecule has 0 spiro atoms. The number of nitrogens with two attached hydrogens (primary N) is 1. The van der Waals surface area contributed by atoms with E-state index in [1.54, 1.807) is 7.11 Å². The lowest BCUT2D eigenvalue weighted by molar-refractivity contribution is 0.162. The third-order valence-corrected chi connectivity index (χ3v) is 2.27. The van der Waals surface area contributed by atoms with Crippen LogP contribution in [0.2, 0.25) is 0 Å². The summed E-state index contributed by atoms with van der Waals surface area (Å²) < 4.78 is 4.99. The van der Waals surface area contributed by atoms with Crippen LogP contribution in [0, 0.1) is 0 Å². The lowest BCUT2D eigenvalue weighted by Crippen LogP contribution is -2.38. The summed E-state index contributed by atoms with van der Waals surface area (Å²) in [6.45, 7) is 6.41. The Balaban J connectivity index is 3.45. The van der Waals surface area contributed by atoms with Crippen molar-refractivity contribution in [2.75, 3.05) is 46.9 Å². The summed E-state index contributed by atoms with van der Waals surface area (Å²) in [6.07, 6.45) is 2.24. The van der Waals surface area contributed by atoms with Crippen molar-refractivity contribution in [3.05, 3.63) is 0 Å². The molecule has 0 aliphatic rings. The number of unbranched alkanes of at least 4 members (excludes halogenated alkanes) is 1. The Labute approximate surface area is 99.0 Å². The van der Waals surface area contributed by atoms with E-state index in [9.17, 15) is 0 Å². The van der Waals surface area contributed by atoms with Gasteiger partial charge in [-0.1, -0.05) is 13.3 Å². The summed E-state index contributed by atoms with van der Waals surface area (Å²) in [5.41, 5.74) is 5.70. The molecule has 96 valence electrons. The van der Waals surface area contributed by atoms with E-state index >= 15 is 0 Å². The number of rotatable bonds is 9. The maximum atomic E-state index is 5.70. The van der Waals surface area contributed by atoms with Crippen molar-refractivity contribution < 1.29 is 4.74 Å². The summed E-state index contributed by atoms with van der Waals surface area (Å²) in [7, 11) is 3.77. The zero-order valence-corrected chi connectivity index (χ0v) is 10.8. The van der Waals surface area contributed by atoms with Crippen LogP contribution in [-0.2, 0) is 4.74 Å². The van der Waals surface area contributed by atoms with E-state index in [0.29, 0.717) is 5.96 Å². The summed E-state index contributed by atoms with van der Waals surface area (Å²) in [5, 5.41) is 3.09. The van der Waals surface area contributed by atoms with E-state index < -0.39 is 0 Å². The molecule has 0 aromatic heterocycles. The minimum Gasteiger partial charge on any atom is -0.383 e. The maximum Gasteiger partial charge on any atom is 0.188 e. The number of nitrogens with zero attached hydrogens (tertiary/aromatic N) is 2. The van der Waals surface area contributed by atoms with Crippen LogP contribution < -0.4 is 11.1 Å². The standard InChI is InChI=1S/C11H26N4O/c1-4-5-6-13-11(12)14-7-8-15(2)9-10-16-3/h4-10H2,1-3H3,(H3,12,13,14). The van der Waals surface area contributed by atoms with E-state index in [-0.39, 0.29) is 0 Å². The first-order valence-electron chi connectivity index (χ1n) is 5.92. The topological polar surface area (TPSA) is 62.9 Å². The zero-order chi connectivity index (χ0) is 12.2. The van der Waals surface area contributed by atoms with Crippen molar-refractivity contribution in [2.45, 2.75) is 19.8 Å². The highest BCUT2D eigenvalue weighted by atomic mass is 16.5. The highest BCUT2D eigenvalue weighted by Gasteiger charge is 1.97. The highest BCUT2D eigenvalue weighted by molar-refractivity contribution is 5.77. The molecule has 0 aromatic rings. The van der Waals surface area contributed by atoms with Crippen molar-refractivity contribution >= 4 is 5.96 Å². The Morgan fingerprint density at radius 1 is 1.44 bits per heavy atom. The van der Waals surface area contributed by atoms with E-state index in [1.807, 2.05) is 0 Å². The molecule has 0 rings (SSSR count). The second-order valence-corrected chi connectivity index (χ2v) is 3.84. The van der Waals surface area contributed by atoms with E-state index in [0.717, 1.165) is 45.6 Å². The fourth-order valence-electron chi connectivity index (χ4n) is 1.15. The number of hydrogen-bond donors (Lipinski definition) is 2. The third-order valence-electron chi connectivity index (χ3n) is 2.27. The molecule has 0 fully saturated rings. The van der Waals surface area contributed by atoms with Crippen molar-refractivity contribution in [3.8, 4) is 0 Å². The molecule has 16 heavy (non-hydrogen) atoms. The molecular formula is C11H26N4O. The first-order valence-corrected chi connectivity index (χ1v) is 5.92. The Hall–Kier alpha value is -0.810. The minimum absolute atomic E-state index is 0.550. The molecule has 0 aliphatic carbocycles. The first kappa shape index (κ1) is 15.2. The molecule has 3 N–H and O–H groups in total. The zero-order valence-electron chi connectivity index (χ0n) is 10.8. The van der Waals surface area contributed by atoms with Crippen molar-refractivity contribution in [1.29, 1.82) is 0 Å². The van der Waals surface area contributed by atoms with Crippen LogP contribution in [0.4, 0.5) is 0 Å². The molecule has 5 heteroatoms. The fourth-order valence-corrected chi connectivity index (χ4v) is 1.15. The van der Waals surface area contributed by atoms with Gasteiger partial charge in [0, 0.05) is 33.3 Å². The van der Waals surface area contributed by atoms with Gasteiger partial charge in [0.15, 0.2) is 5.96 Å². The average Bonchev–Trinajstić information content (AvgIpc) is 2.26. The average molecular weight is 230 g/mol. The summed E-state index contributed by atoms with van der Waals surface area (Å²) in [5.74, 6) is 0.550. The Bertz CT molecular complexity index is 185. The van der Waals surface area contributed by atoms with Crippen LogP contribution in [0.1, 0.15) is 19.8 Å². The third kappa shape index (κ3) is 9.73. The lowest BCUT2D eigenvalue weighted by Gasteiger charge is -2.16. The van der Waals surface area contributed by atoms with Gasteiger partial charge in [0.05, 0.1) is 6.61 Å². The number of aliphatic imine (C=N–C) groups is 1. The van der Waals surface area contributed by atoms with Gasteiger partial charge in [-0.25, -0.2) is 0 Å². The number of methoxy groups -OCH3 is 1. The first-order chi connectivity index (χ1) is 7.70. The lowest BCUT2D eigenvalue weighted by atomic mass is 10.3. The van der Waals surface area contributed by atoms with Gasteiger partial charge >= 0.3 is 0 Å². The summed E-state index contributed by atoms with van der Waals surface area (Å²) in [6, 6.07) is 0. The second kappa shape index (κ2) is 10.7. The molecule has 0 saturated heterocycles. The normalized spacial score (nSPS) is 12.1. The predicted molar refractivity (Wildman–Crippen MR) is 68.8 cm³/mol. The molecule has 0 aliphatic heterocycles. The number of hydrogen-bond acceptors (Lipinski definition) is 3. The van der Waals surface area contributed by atoms with Crippen LogP contribution in [0.5, 0.6) is 0 Å². The monoisotopic (exact) mass is 230 g/mol. The minimum atomic E-state index is 0.550. The van der Waals surface area contributed by atoms with Crippen LogP contribution in [0.25, 0.3) is 0 Å². The smallest absolute Gasteiger partial charge is 0.188 e. The molecule has 5 nitrogen and oxygen atoms in total. The van der Waals surface area contributed by atoms with Gasteiger partial charge in [0.2, 0.25) is 0 Å². The quantitative estimate of drug-likeness (QED) is 0.339. The van der Waals surface area contributed by atoms with E-state index in [2.05, 4.69) is 29.2 Å². The molecule has 0 atom stereocenters. The largest absolute Gasteiger partial charge is 0.383 e. The van der Waals surface area contributed by atoms with E-state index in [1.165, 1.54) is 0 Å². The molecule has 0 heterocycles. The molecule has 0 radical (unpaired) electrons. The molecular weight excluding hydrogens is 204 g/mol. The van der Waals surface area contributed by atoms with Gasteiger partial charge in [0.25, 0.3) is 0 Å². The van der Waals surface area contributed by atoms with Crippen LogP contribution >= 0.6 is 0 Å². The Morgan fingerprint density at radius 3 is 2.81 bits per heavy atom. The van der Waals surface area contributed by atoms with Gasteiger partial charge in [-0.3, -0.25) is 4.99 Å². The van der Waals surface area contributed by atoms with Gasteiger partial charge in [-0.05, 0) is 13.5 Å². The molecule has 0 unspecified atom stereocenters. The highest BCUT2D eigenvalue weighted by Crippen LogP contribution is 1.86. The molecule has 0 bridgehead atoms. The summed E-state index contributed by atoms with van der Waals surface area (Å²) in [4.78, 5) is 6.40.